The molecule has 0 saturated heterocycles. The van der Waals surface area contributed by atoms with Gasteiger partial charge in [0.05, 0.1) is 11.2 Å². The van der Waals surface area contributed by atoms with E-state index in [9.17, 15) is 4.57 Å². The molecule has 0 spiro atoms. The van der Waals surface area contributed by atoms with Crippen molar-refractivity contribution in [2.24, 2.45) is 0 Å². The molecule has 2 nitrogen and oxygen atoms in total. The first kappa shape index (κ1) is 28.0. The highest BCUT2D eigenvalue weighted by molar-refractivity contribution is 7.85. The fraction of sp³-hybridized carbons (Fsp3) is 0. The zero-order chi connectivity index (χ0) is 30.9. The van der Waals surface area contributed by atoms with Crippen LogP contribution in [0, 0.1) is 0 Å². The summed E-state index contributed by atoms with van der Waals surface area (Å²) in [5, 5.41) is 6.06. The van der Waals surface area contributed by atoms with E-state index in [1.54, 1.807) is 0 Å². The van der Waals surface area contributed by atoms with Gasteiger partial charge in [-0.3, -0.25) is 0 Å². The monoisotopic (exact) mass is 607 g/mol. The summed E-state index contributed by atoms with van der Waals surface area (Å²) >= 11 is 0. The Labute approximate surface area is 269 Å². The Hall–Kier alpha value is -5.56. The van der Waals surface area contributed by atoms with Crippen LogP contribution >= 0.6 is 7.14 Å². The number of rotatable bonds is 6. The van der Waals surface area contributed by atoms with Crippen LogP contribution in [0.15, 0.2) is 182 Å². The summed E-state index contributed by atoms with van der Waals surface area (Å²) in [4.78, 5) is 5.10. The van der Waals surface area contributed by atoms with E-state index in [0.717, 1.165) is 60.3 Å². The number of pyridine rings is 1. The second kappa shape index (κ2) is 11.7. The maximum absolute atomic E-state index is 14.8. The quantitative estimate of drug-likeness (QED) is 0.139. The van der Waals surface area contributed by atoms with Gasteiger partial charge in [0.2, 0.25) is 0 Å². The molecule has 0 saturated carbocycles. The topological polar surface area (TPSA) is 30.0 Å². The molecule has 0 aliphatic rings. The van der Waals surface area contributed by atoms with Crippen molar-refractivity contribution in [1.29, 1.82) is 0 Å². The average molecular weight is 608 g/mol. The molecule has 0 radical (unpaired) electrons. The van der Waals surface area contributed by atoms with Crippen LogP contribution in [-0.4, -0.2) is 4.98 Å². The number of aromatic nitrogens is 1. The minimum Gasteiger partial charge on any atom is -0.309 e. The van der Waals surface area contributed by atoms with Crippen LogP contribution < -0.4 is 15.9 Å². The van der Waals surface area contributed by atoms with Crippen molar-refractivity contribution >= 4 is 44.7 Å². The van der Waals surface area contributed by atoms with Gasteiger partial charge >= 0.3 is 0 Å². The fourth-order valence-corrected chi connectivity index (χ4v) is 9.07. The molecule has 8 aromatic rings. The minimum absolute atomic E-state index is 0.828. The van der Waals surface area contributed by atoms with Gasteiger partial charge in [0.15, 0.2) is 7.14 Å². The fourth-order valence-electron chi connectivity index (χ4n) is 6.42. The van der Waals surface area contributed by atoms with Crippen LogP contribution in [0.4, 0.5) is 0 Å². The molecule has 0 aliphatic carbocycles. The second-order valence-electron chi connectivity index (χ2n) is 11.5. The normalized spacial score (nSPS) is 11.6. The molecule has 0 bridgehead atoms. The molecule has 1 aromatic heterocycles. The van der Waals surface area contributed by atoms with E-state index < -0.39 is 7.14 Å². The van der Waals surface area contributed by atoms with Crippen molar-refractivity contribution in [1.82, 2.24) is 4.98 Å². The molecule has 3 heteroatoms. The third-order valence-corrected chi connectivity index (χ3v) is 11.8. The van der Waals surface area contributed by atoms with Crippen LogP contribution in [0.5, 0.6) is 0 Å². The summed E-state index contributed by atoms with van der Waals surface area (Å²) in [5.74, 6) is 0. The summed E-state index contributed by atoms with van der Waals surface area (Å²) in [6.45, 7) is 0. The van der Waals surface area contributed by atoms with Gasteiger partial charge in [-0.05, 0) is 45.2 Å². The van der Waals surface area contributed by atoms with E-state index >= 15 is 0 Å². The van der Waals surface area contributed by atoms with Gasteiger partial charge in [-0.25, -0.2) is 4.98 Å². The summed E-state index contributed by atoms with van der Waals surface area (Å²) < 4.78 is 14.8. The summed E-state index contributed by atoms with van der Waals surface area (Å²) in [6, 6.07) is 62.0. The lowest BCUT2D eigenvalue weighted by atomic mass is 9.93. The standard InChI is InChI=1S/C43H30NOP/c45-46(36-15-6-2-7-16-36,37-17-8-3-9-18-37)38-27-24-32(25-28-38)31-20-22-34(23-21-31)40-30-42(35-13-4-1-5-14-35)44-41-29-26-33-12-10-11-19-39(33)43(40)41/h1-30H. The van der Waals surface area contributed by atoms with Gasteiger partial charge in [0.25, 0.3) is 0 Å². The Bertz CT molecular complexity index is 2310. The molecular formula is C43H30NOP. The average Bonchev–Trinajstić information content (AvgIpc) is 3.15. The van der Waals surface area contributed by atoms with Gasteiger partial charge in [-0.1, -0.05) is 170 Å². The maximum Gasteiger partial charge on any atom is 0.171 e. The van der Waals surface area contributed by atoms with Crippen molar-refractivity contribution < 1.29 is 4.57 Å². The van der Waals surface area contributed by atoms with E-state index in [4.69, 9.17) is 4.98 Å². The SMILES string of the molecule is O=P(c1ccccc1)(c1ccccc1)c1ccc(-c2ccc(-c3cc(-c4ccccc4)nc4ccc5ccccc5c34)cc2)cc1. The van der Waals surface area contributed by atoms with E-state index in [1.165, 1.54) is 10.8 Å². The number of fused-ring (bicyclic) bond motifs is 3. The zero-order valence-corrected chi connectivity index (χ0v) is 26.0. The van der Waals surface area contributed by atoms with Gasteiger partial charge < -0.3 is 4.57 Å². The Balaban J connectivity index is 1.20. The van der Waals surface area contributed by atoms with Gasteiger partial charge in [0.1, 0.15) is 0 Å². The van der Waals surface area contributed by atoms with E-state index in [-0.39, 0.29) is 0 Å². The van der Waals surface area contributed by atoms with Crippen molar-refractivity contribution in [3.63, 3.8) is 0 Å². The van der Waals surface area contributed by atoms with Gasteiger partial charge in [0, 0.05) is 26.9 Å². The number of benzene rings is 7. The van der Waals surface area contributed by atoms with Crippen LogP contribution in [0.3, 0.4) is 0 Å². The Morgan fingerprint density at radius 1 is 0.413 bits per heavy atom. The zero-order valence-electron chi connectivity index (χ0n) is 25.1. The van der Waals surface area contributed by atoms with Crippen molar-refractivity contribution in [3.8, 4) is 33.5 Å². The van der Waals surface area contributed by atoms with Gasteiger partial charge in [-0.2, -0.15) is 0 Å². The van der Waals surface area contributed by atoms with Crippen LogP contribution in [0.1, 0.15) is 0 Å². The van der Waals surface area contributed by atoms with E-state index in [1.807, 2.05) is 78.9 Å². The molecule has 218 valence electrons. The molecule has 0 aliphatic heterocycles. The molecule has 0 unspecified atom stereocenters. The lowest BCUT2D eigenvalue weighted by Gasteiger charge is -2.20. The maximum atomic E-state index is 14.8. The third-order valence-electron chi connectivity index (χ3n) is 8.77. The summed E-state index contributed by atoms with van der Waals surface area (Å²) in [6.07, 6.45) is 0. The van der Waals surface area contributed by atoms with Gasteiger partial charge in [-0.15, -0.1) is 0 Å². The lowest BCUT2D eigenvalue weighted by molar-refractivity contribution is 0.592. The lowest BCUT2D eigenvalue weighted by Crippen LogP contribution is -2.24. The number of hydrogen-bond acceptors (Lipinski definition) is 2. The summed E-state index contributed by atoms with van der Waals surface area (Å²) in [5.41, 5.74) is 7.52. The number of nitrogens with zero attached hydrogens (tertiary/aromatic N) is 1. The molecule has 0 amide bonds. The molecule has 7 aromatic carbocycles. The number of hydrogen-bond donors (Lipinski definition) is 0. The van der Waals surface area contributed by atoms with E-state index in [2.05, 4.69) is 103 Å². The van der Waals surface area contributed by atoms with Crippen LogP contribution in [-0.2, 0) is 4.57 Å². The van der Waals surface area contributed by atoms with Crippen molar-refractivity contribution in [3.05, 3.63) is 182 Å². The van der Waals surface area contributed by atoms with Crippen molar-refractivity contribution in [2.75, 3.05) is 0 Å². The minimum atomic E-state index is -3.02. The molecule has 46 heavy (non-hydrogen) atoms. The first-order valence-corrected chi connectivity index (χ1v) is 17.2. The predicted molar refractivity (Wildman–Crippen MR) is 195 cm³/mol. The summed E-state index contributed by atoms with van der Waals surface area (Å²) in [7, 11) is -3.02. The first-order valence-electron chi connectivity index (χ1n) is 15.5. The van der Waals surface area contributed by atoms with Crippen LogP contribution in [0.25, 0.3) is 55.2 Å². The Morgan fingerprint density at radius 2 is 0.913 bits per heavy atom. The molecule has 0 fully saturated rings. The molecule has 8 rings (SSSR count). The van der Waals surface area contributed by atoms with Crippen LogP contribution in [0.2, 0.25) is 0 Å². The highest BCUT2D eigenvalue weighted by Crippen LogP contribution is 2.43. The molecule has 1 heterocycles. The molecule has 0 atom stereocenters. The predicted octanol–water partition coefficient (Wildman–Crippen LogP) is 10.0. The first-order chi connectivity index (χ1) is 22.7. The molecular weight excluding hydrogens is 577 g/mol. The largest absolute Gasteiger partial charge is 0.309 e. The Kier molecular flexibility index (Phi) is 7.14. The third kappa shape index (κ3) is 4.94. The smallest absolute Gasteiger partial charge is 0.171 e. The Morgan fingerprint density at radius 3 is 1.54 bits per heavy atom. The highest BCUT2D eigenvalue weighted by Gasteiger charge is 2.29. The van der Waals surface area contributed by atoms with Crippen molar-refractivity contribution in [2.45, 2.75) is 0 Å². The molecule has 0 N–H and O–H groups in total. The van der Waals surface area contributed by atoms with E-state index in [0.29, 0.717) is 0 Å². The second-order valence-corrected chi connectivity index (χ2v) is 14.3. The highest BCUT2D eigenvalue weighted by atomic mass is 31.2.